The number of thioether (sulfide) groups is 1. The number of rotatable bonds is 2. The molecule has 2 atom stereocenters. The summed E-state index contributed by atoms with van der Waals surface area (Å²) in [5.74, 6) is 0.665. The minimum atomic E-state index is -4.67. The molecule has 2 aliphatic heterocycles. The molecule has 3 rings (SSSR count). The molecule has 2 bridgehead atoms. The van der Waals surface area contributed by atoms with Gasteiger partial charge in [-0.2, -0.15) is 29.2 Å². The molecule has 0 N–H and O–H groups in total. The highest BCUT2D eigenvalue weighted by Crippen LogP contribution is 2.42. The lowest BCUT2D eigenvalue weighted by molar-refractivity contribution is -0.139. The van der Waals surface area contributed by atoms with Crippen LogP contribution >= 0.6 is 11.8 Å². The second kappa shape index (κ2) is 4.64. The lowest BCUT2D eigenvalue weighted by atomic mass is 10.2. The van der Waals surface area contributed by atoms with Crippen molar-refractivity contribution in [1.82, 2.24) is 4.31 Å². The monoisotopic (exact) mass is 323 g/mol. The van der Waals surface area contributed by atoms with Gasteiger partial charge in [0.25, 0.3) is 0 Å². The maximum atomic E-state index is 13.0. The zero-order valence-corrected chi connectivity index (χ0v) is 11.9. The third-order valence-electron chi connectivity index (χ3n) is 3.63. The normalized spacial score (nSPS) is 27.1. The van der Waals surface area contributed by atoms with Crippen molar-refractivity contribution in [3.8, 4) is 0 Å². The number of halogens is 3. The highest BCUT2D eigenvalue weighted by atomic mass is 32.2. The Balaban J connectivity index is 2.05. The highest BCUT2D eigenvalue weighted by molar-refractivity contribution is 8.00. The van der Waals surface area contributed by atoms with Gasteiger partial charge in [-0.25, -0.2) is 8.42 Å². The number of benzene rings is 1. The van der Waals surface area contributed by atoms with Crippen LogP contribution in [0.25, 0.3) is 0 Å². The van der Waals surface area contributed by atoms with Crippen molar-refractivity contribution >= 4 is 21.8 Å². The van der Waals surface area contributed by atoms with E-state index in [4.69, 9.17) is 0 Å². The van der Waals surface area contributed by atoms with Gasteiger partial charge in [0.1, 0.15) is 0 Å². The van der Waals surface area contributed by atoms with Gasteiger partial charge in [-0.3, -0.25) is 0 Å². The van der Waals surface area contributed by atoms with E-state index in [0.717, 1.165) is 18.6 Å². The van der Waals surface area contributed by atoms with Gasteiger partial charge in [0, 0.05) is 23.6 Å². The molecule has 0 saturated carbocycles. The molecule has 3 nitrogen and oxygen atoms in total. The molecule has 1 aromatic carbocycles. The quantitative estimate of drug-likeness (QED) is 0.839. The van der Waals surface area contributed by atoms with Crippen molar-refractivity contribution in [3.63, 3.8) is 0 Å². The Labute approximate surface area is 119 Å². The molecule has 2 aliphatic rings. The van der Waals surface area contributed by atoms with E-state index >= 15 is 0 Å². The second-order valence-electron chi connectivity index (χ2n) is 4.91. The van der Waals surface area contributed by atoms with Gasteiger partial charge in [-0.15, -0.1) is 0 Å². The third kappa shape index (κ3) is 2.23. The van der Waals surface area contributed by atoms with Crippen molar-refractivity contribution in [2.45, 2.75) is 28.8 Å². The van der Waals surface area contributed by atoms with Gasteiger partial charge in [-0.05, 0) is 18.6 Å². The number of sulfonamides is 1. The van der Waals surface area contributed by atoms with Gasteiger partial charge < -0.3 is 0 Å². The molecule has 0 radical (unpaired) electrons. The number of hydrogen-bond acceptors (Lipinski definition) is 3. The second-order valence-corrected chi connectivity index (χ2v) is 8.11. The first-order valence-corrected chi connectivity index (χ1v) is 8.58. The van der Waals surface area contributed by atoms with Crippen molar-refractivity contribution in [2.75, 3.05) is 12.3 Å². The number of fused-ring (bicyclic) bond motifs is 2. The summed E-state index contributed by atoms with van der Waals surface area (Å²) in [6, 6.07) is 4.21. The zero-order chi connectivity index (χ0) is 14.5. The van der Waals surface area contributed by atoms with Crippen LogP contribution in [0, 0.1) is 0 Å². The number of hydrogen-bond donors (Lipinski definition) is 0. The first kappa shape index (κ1) is 14.2. The maximum Gasteiger partial charge on any atom is 0.417 e. The predicted octanol–water partition coefficient (Wildman–Crippen LogP) is 2.58. The smallest absolute Gasteiger partial charge is 0.207 e. The summed E-state index contributed by atoms with van der Waals surface area (Å²) in [5.41, 5.74) is -1.09. The van der Waals surface area contributed by atoms with E-state index in [0.29, 0.717) is 12.3 Å². The molecule has 8 heteroatoms. The van der Waals surface area contributed by atoms with E-state index < -0.39 is 26.7 Å². The molecule has 0 aromatic heterocycles. The van der Waals surface area contributed by atoms with Gasteiger partial charge in [0.15, 0.2) is 0 Å². The predicted molar refractivity (Wildman–Crippen MR) is 70.0 cm³/mol. The molecule has 0 aliphatic carbocycles. The maximum absolute atomic E-state index is 13.0. The molecule has 20 heavy (non-hydrogen) atoms. The van der Waals surface area contributed by atoms with Crippen LogP contribution < -0.4 is 0 Å². The molecule has 2 fully saturated rings. The third-order valence-corrected chi connectivity index (χ3v) is 7.00. The zero-order valence-electron chi connectivity index (χ0n) is 10.3. The molecular formula is C12H12F3NO2S2. The van der Waals surface area contributed by atoms with E-state index in [2.05, 4.69) is 0 Å². The number of nitrogens with zero attached hydrogens (tertiary/aromatic N) is 1. The van der Waals surface area contributed by atoms with Gasteiger partial charge >= 0.3 is 6.18 Å². The lowest BCUT2D eigenvalue weighted by Crippen LogP contribution is -2.39. The summed E-state index contributed by atoms with van der Waals surface area (Å²) < 4.78 is 65.2. The van der Waals surface area contributed by atoms with E-state index in [1.807, 2.05) is 0 Å². The van der Waals surface area contributed by atoms with E-state index in [9.17, 15) is 21.6 Å². The fraction of sp³-hybridized carbons (Fsp3) is 0.500. The Morgan fingerprint density at radius 2 is 1.95 bits per heavy atom. The van der Waals surface area contributed by atoms with Gasteiger partial charge in [-0.1, -0.05) is 12.1 Å². The Morgan fingerprint density at radius 3 is 2.50 bits per heavy atom. The lowest BCUT2D eigenvalue weighted by Gasteiger charge is -2.27. The standard InChI is InChI=1S/C12H12F3NO2S2/c13-12(14,15)10-3-1-2-4-11(10)20(17,18)16-6-9-5-8(16)7-19-9/h1-4,8-9H,5-7H2. The van der Waals surface area contributed by atoms with Crippen LogP contribution in [-0.4, -0.2) is 36.3 Å². The summed E-state index contributed by atoms with van der Waals surface area (Å²) in [6.07, 6.45) is -3.94. The largest absolute Gasteiger partial charge is 0.417 e. The molecule has 1 aromatic rings. The minimum absolute atomic E-state index is 0.170. The Kier molecular flexibility index (Phi) is 3.30. The molecule has 2 saturated heterocycles. The molecule has 2 unspecified atom stereocenters. The molecule has 0 spiro atoms. The summed E-state index contributed by atoms with van der Waals surface area (Å²) >= 11 is 1.69. The van der Waals surface area contributed by atoms with Crippen molar-refractivity contribution in [1.29, 1.82) is 0 Å². The van der Waals surface area contributed by atoms with Crippen LogP contribution in [0.15, 0.2) is 29.2 Å². The highest BCUT2D eigenvalue weighted by Gasteiger charge is 2.47. The fourth-order valence-corrected chi connectivity index (χ4v) is 6.23. The molecule has 2 heterocycles. The average molecular weight is 323 g/mol. The summed E-state index contributed by atoms with van der Waals surface area (Å²) in [7, 11) is -4.08. The van der Waals surface area contributed by atoms with Gasteiger partial charge in [0.2, 0.25) is 10.0 Å². The van der Waals surface area contributed by atoms with Crippen LogP contribution in [0.2, 0.25) is 0 Å². The van der Waals surface area contributed by atoms with Crippen LogP contribution in [-0.2, 0) is 16.2 Å². The molecule has 0 amide bonds. The van der Waals surface area contributed by atoms with E-state index in [1.165, 1.54) is 16.4 Å². The summed E-state index contributed by atoms with van der Waals surface area (Å²) in [4.78, 5) is -0.634. The van der Waals surface area contributed by atoms with Gasteiger partial charge in [0.05, 0.1) is 10.5 Å². The van der Waals surface area contributed by atoms with Crippen molar-refractivity contribution in [3.05, 3.63) is 29.8 Å². The van der Waals surface area contributed by atoms with Crippen molar-refractivity contribution < 1.29 is 21.6 Å². The van der Waals surface area contributed by atoms with Crippen LogP contribution in [0.4, 0.5) is 13.2 Å². The van der Waals surface area contributed by atoms with Crippen LogP contribution in [0.5, 0.6) is 0 Å². The summed E-state index contributed by atoms with van der Waals surface area (Å²) in [5, 5.41) is 0.216. The molecule has 110 valence electrons. The topological polar surface area (TPSA) is 37.4 Å². The van der Waals surface area contributed by atoms with Crippen LogP contribution in [0.1, 0.15) is 12.0 Å². The van der Waals surface area contributed by atoms with Crippen LogP contribution in [0.3, 0.4) is 0 Å². The Morgan fingerprint density at radius 1 is 1.25 bits per heavy atom. The fourth-order valence-electron chi connectivity index (χ4n) is 2.71. The van der Waals surface area contributed by atoms with E-state index in [-0.39, 0.29) is 11.3 Å². The SMILES string of the molecule is O=S(=O)(c1ccccc1C(F)(F)F)N1CC2CC1CS2. The van der Waals surface area contributed by atoms with E-state index in [1.54, 1.807) is 11.8 Å². The first-order valence-electron chi connectivity index (χ1n) is 6.10. The minimum Gasteiger partial charge on any atom is -0.207 e. The molecular weight excluding hydrogens is 311 g/mol. The Bertz CT molecular complexity index is 630. The van der Waals surface area contributed by atoms with Crippen molar-refractivity contribution in [2.24, 2.45) is 0 Å². The Hall–Kier alpha value is -0.730. The number of alkyl halides is 3. The summed E-state index contributed by atoms with van der Waals surface area (Å²) in [6.45, 7) is 0.309. The first-order chi connectivity index (χ1) is 9.30. The average Bonchev–Trinajstić information content (AvgIpc) is 3.00.